The van der Waals surface area contributed by atoms with Crippen molar-refractivity contribution in [1.82, 2.24) is 0 Å². The Kier molecular flexibility index (Phi) is 3.78. The number of aromatic carboxylic acids is 1. The lowest BCUT2D eigenvalue weighted by atomic mass is 10.1. The molecule has 2 nitrogen and oxygen atoms in total. The van der Waals surface area contributed by atoms with Crippen molar-refractivity contribution in [1.29, 1.82) is 0 Å². The number of hydrogen-bond donors (Lipinski definition) is 0. The third-order valence-electron chi connectivity index (χ3n) is 2.29. The van der Waals surface area contributed by atoms with E-state index in [0.717, 1.165) is 9.13 Å². The first-order valence-corrected chi connectivity index (χ1v) is 7.34. The number of benzene rings is 2. The zero-order valence-electron chi connectivity index (χ0n) is 9.31. The van der Waals surface area contributed by atoms with Gasteiger partial charge in [-0.1, -0.05) is 29.8 Å². The van der Waals surface area contributed by atoms with E-state index in [-0.39, 0.29) is 0 Å². The lowest BCUT2D eigenvalue weighted by molar-refractivity contribution is -0.598. The van der Waals surface area contributed by atoms with E-state index in [1.165, 1.54) is 3.57 Å². The molecule has 0 fully saturated rings. The van der Waals surface area contributed by atoms with Gasteiger partial charge in [-0.3, -0.25) is 0 Å². The van der Waals surface area contributed by atoms with Gasteiger partial charge in [0.1, 0.15) is 0 Å². The summed E-state index contributed by atoms with van der Waals surface area (Å²) in [6.07, 6.45) is 0. The Morgan fingerprint density at radius 2 is 1.82 bits per heavy atom. The number of rotatable bonds is 3. The first kappa shape index (κ1) is 12.1. The molecule has 3 heteroatoms. The minimum atomic E-state index is -1.08. The quantitative estimate of drug-likeness (QED) is 0.639. The van der Waals surface area contributed by atoms with Gasteiger partial charge in [-0.2, -0.15) is 0 Å². The summed E-state index contributed by atoms with van der Waals surface area (Å²) in [4.78, 5) is 11.1. The van der Waals surface area contributed by atoms with Crippen LogP contribution in [0.25, 0.3) is 0 Å². The summed E-state index contributed by atoms with van der Waals surface area (Å²) in [5.74, 6) is -1.08. The van der Waals surface area contributed by atoms with Crippen LogP contribution < -0.4 is 26.3 Å². The van der Waals surface area contributed by atoms with Crippen LogP contribution in [0.5, 0.6) is 0 Å². The second kappa shape index (κ2) is 5.31. The fraction of sp³-hybridized carbons (Fsp3) is 0.0714. The predicted molar refractivity (Wildman–Crippen MR) is 59.3 cm³/mol. The van der Waals surface area contributed by atoms with Gasteiger partial charge in [0.05, 0.1) is 11.5 Å². The summed E-state index contributed by atoms with van der Waals surface area (Å²) < 4.78 is 2.11. The van der Waals surface area contributed by atoms with Gasteiger partial charge in [-0.05, 0) is 31.2 Å². The zero-order valence-corrected chi connectivity index (χ0v) is 11.5. The smallest absolute Gasteiger partial charge is 0.358 e. The van der Waals surface area contributed by atoms with E-state index in [0.29, 0.717) is 5.56 Å². The Morgan fingerprint density at radius 3 is 2.47 bits per heavy atom. The molecule has 0 saturated heterocycles. The summed E-state index contributed by atoms with van der Waals surface area (Å²) in [5.41, 5.74) is 1.28. The van der Waals surface area contributed by atoms with Crippen molar-refractivity contribution in [2.75, 3.05) is 0 Å². The summed E-state index contributed by atoms with van der Waals surface area (Å²) in [7, 11) is 0. The van der Waals surface area contributed by atoms with Gasteiger partial charge in [0, 0.05) is 0 Å². The molecule has 0 aliphatic carbocycles. The molecule has 2 rings (SSSR count). The van der Waals surface area contributed by atoms with Gasteiger partial charge in [0.2, 0.25) is 3.57 Å². The number of carbonyl (C=O) groups is 1. The number of aryl methyl sites for hydroxylation is 1. The molecule has 2 aromatic rings. The molecule has 17 heavy (non-hydrogen) atoms. The minimum Gasteiger partial charge on any atom is -0.545 e. The van der Waals surface area contributed by atoms with E-state index in [1.54, 1.807) is 6.07 Å². The second-order valence-corrected chi connectivity index (χ2v) is 6.61. The summed E-state index contributed by atoms with van der Waals surface area (Å²) >= 11 is -0.460. The van der Waals surface area contributed by atoms with E-state index >= 15 is 0 Å². The van der Waals surface area contributed by atoms with Crippen LogP contribution in [0.1, 0.15) is 15.9 Å². The van der Waals surface area contributed by atoms with Gasteiger partial charge in [0.25, 0.3) is 0 Å². The third-order valence-corrected chi connectivity index (χ3v) is 5.15. The Hall–Kier alpha value is -1.36. The summed E-state index contributed by atoms with van der Waals surface area (Å²) in [5, 5.41) is 11.1. The van der Waals surface area contributed by atoms with Gasteiger partial charge in [-0.25, -0.2) is 0 Å². The molecule has 0 bridgehead atoms. The summed E-state index contributed by atoms with van der Waals surface area (Å²) in [6.45, 7) is 1.89. The fourth-order valence-corrected chi connectivity index (χ4v) is 3.94. The molecule has 0 spiro atoms. The van der Waals surface area contributed by atoms with Crippen molar-refractivity contribution in [3.63, 3.8) is 0 Å². The second-order valence-electron chi connectivity index (χ2n) is 3.66. The Morgan fingerprint density at radius 1 is 1.12 bits per heavy atom. The molecule has 0 aliphatic heterocycles. The maximum Gasteiger partial charge on any atom is 0.358 e. The molecule has 0 unspecified atom stereocenters. The molecule has 0 heterocycles. The van der Waals surface area contributed by atoms with Gasteiger partial charge in [-0.15, -0.1) is 0 Å². The Bertz CT molecular complexity index is 535. The minimum absolute atomic E-state index is 0.335. The lowest BCUT2D eigenvalue weighted by Gasteiger charge is -2.03. The highest BCUT2D eigenvalue weighted by atomic mass is 127. The van der Waals surface area contributed by atoms with Crippen molar-refractivity contribution in [3.05, 3.63) is 66.8 Å². The Balaban J connectivity index is 2.36. The molecular formula is C14H11IO2. The van der Waals surface area contributed by atoms with Crippen LogP contribution in [0.2, 0.25) is 0 Å². The van der Waals surface area contributed by atoms with E-state index in [4.69, 9.17) is 0 Å². The maximum absolute atomic E-state index is 11.1. The number of carboxylic acids is 1. The molecule has 0 atom stereocenters. The molecule has 2 aromatic carbocycles. The van der Waals surface area contributed by atoms with E-state index < -0.39 is 27.2 Å². The SMILES string of the molecule is Cc1ccc([I+]c2ccccc2)c(C(=O)[O-])c1. The van der Waals surface area contributed by atoms with Crippen molar-refractivity contribution < 1.29 is 31.1 Å². The van der Waals surface area contributed by atoms with Crippen LogP contribution in [-0.4, -0.2) is 5.97 Å². The average molecular weight is 338 g/mol. The van der Waals surface area contributed by atoms with Crippen LogP contribution in [0.15, 0.2) is 48.5 Å². The van der Waals surface area contributed by atoms with Crippen LogP contribution >= 0.6 is 0 Å². The lowest BCUT2D eigenvalue weighted by Crippen LogP contribution is -3.61. The van der Waals surface area contributed by atoms with Crippen molar-refractivity contribution >= 4 is 5.97 Å². The maximum atomic E-state index is 11.1. The van der Waals surface area contributed by atoms with Crippen molar-refractivity contribution in [2.24, 2.45) is 0 Å². The standard InChI is InChI=1S/C14H11IO2/c1-10-7-8-13(12(9-10)14(16)17)15-11-5-3-2-4-6-11/h2-9H,1H3. The van der Waals surface area contributed by atoms with E-state index in [1.807, 2.05) is 49.4 Å². The normalized spacial score (nSPS) is 10.2. The average Bonchev–Trinajstić information content (AvgIpc) is 2.32. The monoisotopic (exact) mass is 338 g/mol. The third kappa shape index (κ3) is 3.06. The van der Waals surface area contributed by atoms with Gasteiger partial charge < -0.3 is 9.90 Å². The molecule has 0 amide bonds. The van der Waals surface area contributed by atoms with Crippen LogP contribution in [0.4, 0.5) is 0 Å². The zero-order chi connectivity index (χ0) is 12.3. The highest BCUT2D eigenvalue weighted by molar-refractivity contribution is 5.85. The molecular weight excluding hydrogens is 327 g/mol. The number of carboxylic acid groups (broad SMARTS) is 1. The molecule has 0 aromatic heterocycles. The van der Waals surface area contributed by atoms with Crippen LogP contribution in [-0.2, 0) is 0 Å². The van der Waals surface area contributed by atoms with Crippen LogP contribution in [0, 0.1) is 14.1 Å². The van der Waals surface area contributed by atoms with Gasteiger partial charge >= 0.3 is 21.2 Å². The first-order valence-electron chi connectivity index (χ1n) is 5.18. The first-order chi connectivity index (χ1) is 8.16. The van der Waals surface area contributed by atoms with Gasteiger partial charge in [0.15, 0.2) is 3.57 Å². The Labute approximate surface area is 111 Å². The predicted octanol–water partition coefficient (Wildman–Crippen LogP) is -1.51. The van der Waals surface area contributed by atoms with E-state index in [9.17, 15) is 9.90 Å². The highest BCUT2D eigenvalue weighted by Gasteiger charge is 2.20. The largest absolute Gasteiger partial charge is 0.545 e. The van der Waals surface area contributed by atoms with Crippen molar-refractivity contribution in [2.45, 2.75) is 6.92 Å². The number of halogens is 1. The number of hydrogen-bond acceptors (Lipinski definition) is 2. The van der Waals surface area contributed by atoms with Crippen LogP contribution in [0.3, 0.4) is 0 Å². The summed E-state index contributed by atoms with van der Waals surface area (Å²) in [6, 6.07) is 15.5. The topological polar surface area (TPSA) is 40.1 Å². The fourth-order valence-electron chi connectivity index (χ4n) is 1.47. The number of carbonyl (C=O) groups excluding carboxylic acids is 1. The molecule has 0 radical (unpaired) electrons. The molecule has 0 N–H and O–H groups in total. The molecule has 0 aliphatic rings. The molecule has 0 saturated carbocycles. The molecule has 86 valence electrons. The highest BCUT2D eigenvalue weighted by Crippen LogP contribution is 2.02. The van der Waals surface area contributed by atoms with E-state index in [2.05, 4.69) is 0 Å². The van der Waals surface area contributed by atoms with Crippen molar-refractivity contribution in [3.8, 4) is 0 Å².